The van der Waals surface area contributed by atoms with E-state index in [1.807, 2.05) is 0 Å². The molecule has 0 aromatic heterocycles. The van der Waals surface area contributed by atoms with Gasteiger partial charge >= 0.3 is 47.9 Å². The van der Waals surface area contributed by atoms with Gasteiger partial charge in [0, 0.05) is 7.11 Å². The summed E-state index contributed by atoms with van der Waals surface area (Å²) in [5, 5.41) is 2.50. The normalized spacial score (nSPS) is 25.7. The summed E-state index contributed by atoms with van der Waals surface area (Å²) in [5.74, 6) is -12.2. The predicted octanol–water partition coefficient (Wildman–Crippen LogP) is 3.27. The molecule has 3 aromatic carbocycles. The maximum absolute atomic E-state index is 14.1. The number of fused-ring (bicyclic) bond motifs is 1. The lowest BCUT2D eigenvalue weighted by atomic mass is 9.88. The highest BCUT2D eigenvalue weighted by molar-refractivity contribution is 6.27. The first kappa shape index (κ1) is 52.3. The maximum Gasteiger partial charge on any atom is 0.407 e. The van der Waals surface area contributed by atoms with E-state index in [0.717, 1.165) is 7.11 Å². The third-order valence-corrected chi connectivity index (χ3v) is 11.3. The van der Waals surface area contributed by atoms with Crippen molar-refractivity contribution in [1.29, 1.82) is 0 Å². The number of hydrogen-bond acceptors (Lipinski definition) is 20. The molecule has 0 bridgehead atoms. The van der Waals surface area contributed by atoms with Crippen molar-refractivity contribution in [2.75, 3.05) is 45.1 Å². The van der Waals surface area contributed by atoms with Gasteiger partial charge in [-0.2, -0.15) is 0 Å². The number of amides is 1. The van der Waals surface area contributed by atoms with Crippen LogP contribution in [0.25, 0.3) is 0 Å². The van der Waals surface area contributed by atoms with E-state index in [2.05, 4.69) is 5.32 Å². The van der Waals surface area contributed by atoms with Crippen LogP contribution in [0.1, 0.15) is 37.5 Å². The van der Waals surface area contributed by atoms with Gasteiger partial charge in [-0.1, -0.05) is 54.6 Å². The molecular formula is C45H44Cl3NO20. The van der Waals surface area contributed by atoms with Crippen LogP contribution in [0.15, 0.2) is 91.0 Å². The Bertz CT molecular complexity index is 2300. The minimum atomic E-state index is -2.70. The Morgan fingerprint density at radius 3 is 1.71 bits per heavy atom. The van der Waals surface area contributed by atoms with Gasteiger partial charge in [-0.25, -0.2) is 24.0 Å². The van der Waals surface area contributed by atoms with Crippen LogP contribution >= 0.6 is 34.8 Å². The molecule has 3 fully saturated rings. The number of benzene rings is 3. The molecule has 69 heavy (non-hydrogen) atoms. The Balaban J connectivity index is 1.43. The Labute approximate surface area is 407 Å². The fourth-order valence-electron chi connectivity index (χ4n) is 7.52. The number of alkyl carbamates (subject to hydrolysis) is 1. The van der Waals surface area contributed by atoms with Crippen molar-refractivity contribution < 1.29 is 95.2 Å². The standard InChI is InChI=1S/C45H44Cl3NO20/c1-58-42-38(68-41(55)26-16-10-5-11-17-26)37(67-40(54)25-14-8-4-9-15-25)35(66-39(53)24-12-6-3-7-13-24)29(63-42)23-61-45(43(56)59-2)18-27-33(49-44(57)64-27)36(69-45)34(65-32(52)21-48)28(62-31(51)20-47)22-60-30(50)19-46/h3-17,27-29,33-38,42H,18-23H2,1-2H3,(H,49,57)/t27-,28+,29+,33+,34+,35+,36+,37-,38+,42-,45+/m0/s1. The Kier molecular flexibility index (Phi) is 18.5. The van der Waals surface area contributed by atoms with E-state index < -0.39 is 152 Å². The SMILES string of the molecule is COC(=O)[C@@]1(OC[C@H]2O[C@H](OC)[C@H](OC(=O)c3ccccc3)[C@@H](OC(=O)c3ccccc3)[C@@H]2OC(=O)c2ccccc2)C[C@@H]2OC(=O)N[C@H]2[C@H]([C@H](OC(=O)CCl)[C@@H](COC(=O)CCl)OC(=O)CCl)O1. The minimum absolute atomic E-state index is 0.0294. The molecule has 6 rings (SSSR count). The van der Waals surface area contributed by atoms with E-state index in [1.165, 1.54) is 43.5 Å². The molecule has 24 heteroatoms. The van der Waals surface area contributed by atoms with Gasteiger partial charge in [-0.05, 0) is 36.4 Å². The Hall–Kier alpha value is -6.07. The van der Waals surface area contributed by atoms with Gasteiger partial charge in [0.05, 0.1) is 42.9 Å². The van der Waals surface area contributed by atoms with Crippen LogP contribution in [0.4, 0.5) is 4.79 Å². The Morgan fingerprint density at radius 2 is 1.20 bits per heavy atom. The number of alkyl halides is 3. The quantitative estimate of drug-likeness (QED) is 0.0967. The molecule has 0 radical (unpaired) electrons. The molecule has 3 saturated heterocycles. The van der Waals surface area contributed by atoms with Crippen molar-refractivity contribution in [3.05, 3.63) is 108 Å². The summed E-state index contributed by atoms with van der Waals surface area (Å²) in [7, 11) is 2.15. The first-order chi connectivity index (χ1) is 33.2. The second-order valence-corrected chi connectivity index (χ2v) is 15.8. The number of halogens is 3. The van der Waals surface area contributed by atoms with Crippen LogP contribution in [0.5, 0.6) is 0 Å². The van der Waals surface area contributed by atoms with Crippen LogP contribution in [-0.4, -0.2) is 160 Å². The molecule has 0 saturated carbocycles. The molecule has 0 aliphatic carbocycles. The zero-order valence-electron chi connectivity index (χ0n) is 36.5. The fraction of sp³-hybridized carbons (Fsp3) is 0.422. The summed E-state index contributed by atoms with van der Waals surface area (Å²) in [6.07, 6.45) is -17.0. The lowest BCUT2D eigenvalue weighted by Crippen LogP contribution is -2.67. The molecule has 3 heterocycles. The number of carbonyl (C=O) groups excluding carboxylic acids is 8. The zero-order chi connectivity index (χ0) is 49.7. The van der Waals surface area contributed by atoms with Crippen molar-refractivity contribution in [2.45, 2.75) is 73.4 Å². The number of esters is 7. The van der Waals surface area contributed by atoms with Gasteiger partial charge < -0.3 is 62.2 Å². The summed E-state index contributed by atoms with van der Waals surface area (Å²) in [6.45, 7) is -1.70. The number of carbonyl (C=O) groups is 8. The van der Waals surface area contributed by atoms with Crippen LogP contribution in [0.3, 0.4) is 0 Å². The van der Waals surface area contributed by atoms with E-state index in [9.17, 15) is 38.4 Å². The second kappa shape index (κ2) is 24.5. The van der Waals surface area contributed by atoms with Crippen molar-refractivity contribution >= 4 is 82.7 Å². The van der Waals surface area contributed by atoms with Gasteiger partial charge in [0.15, 0.2) is 36.8 Å². The molecule has 1 N–H and O–H groups in total. The summed E-state index contributed by atoms with van der Waals surface area (Å²) in [4.78, 5) is 106. The first-order valence-corrected chi connectivity index (χ1v) is 22.4. The van der Waals surface area contributed by atoms with Crippen molar-refractivity contribution in [1.82, 2.24) is 5.32 Å². The lowest BCUT2D eigenvalue weighted by molar-refractivity contribution is -0.333. The summed E-state index contributed by atoms with van der Waals surface area (Å²) in [6, 6.07) is 21.8. The van der Waals surface area contributed by atoms with E-state index >= 15 is 0 Å². The number of methoxy groups -OCH3 is 2. The molecular weight excluding hydrogens is 981 g/mol. The highest BCUT2D eigenvalue weighted by atomic mass is 35.5. The molecule has 3 aliphatic rings. The van der Waals surface area contributed by atoms with E-state index in [-0.39, 0.29) is 16.7 Å². The minimum Gasteiger partial charge on any atom is -0.465 e. The molecule has 0 spiro atoms. The molecule has 21 nitrogen and oxygen atoms in total. The number of nitrogens with one attached hydrogen (secondary N) is 1. The highest BCUT2D eigenvalue weighted by Gasteiger charge is 2.62. The molecule has 3 aromatic rings. The summed E-state index contributed by atoms with van der Waals surface area (Å²) in [5.41, 5.74) is 0.159. The molecule has 11 atom stereocenters. The van der Waals surface area contributed by atoms with E-state index in [0.29, 0.717) is 0 Å². The van der Waals surface area contributed by atoms with Crippen molar-refractivity contribution in [3.8, 4) is 0 Å². The van der Waals surface area contributed by atoms with Gasteiger partial charge in [0.1, 0.15) is 42.6 Å². The van der Waals surface area contributed by atoms with Crippen molar-refractivity contribution in [3.63, 3.8) is 0 Å². The smallest absolute Gasteiger partial charge is 0.407 e. The van der Waals surface area contributed by atoms with Crippen LogP contribution in [0.2, 0.25) is 0 Å². The fourth-order valence-corrected chi connectivity index (χ4v) is 7.72. The third-order valence-electron chi connectivity index (χ3n) is 10.6. The lowest BCUT2D eigenvalue weighted by Gasteiger charge is -2.47. The van der Waals surface area contributed by atoms with Gasteiger partial charge in [-0.15, -0.1) is 34.8 Å². The average Bonchev–Trinajstić information content (AvgIpc) is 3.76. The molecule has 1 amide bonds. The number of hydrogen-bond donors (Lipinski definition) is 1. The van der Waals surface area contributed by atoms with Gasteiger partial charge in [0.2, 0.25) is 0 Å². The third kappa shape index (κ3) is 13.0. The average molecular weight is 1030 g/mol. The van der Waals surface area contributed by atoms with Crippen LogP contribution in [-0.2, 0) is 76.0 Å². The second-order valence-electron chi connectivity index (χ2n) is 15.0. The molecule has 3 aliphatic heterocycles. The van der Waals surface area contributed by atoms with Gasteiger partial charge in [0.25, 0.3) is 5.79 Å². The van der Waals surface area contributed by atoms with Crippen LogP contribution in [0, 0.1) is 0 Å². The summed E-state index contributed by atoms with van der Waals surface area (Å²) < 4.78 is 69.5. The number of ether oxygens (including phenoxy) is 12. The van der Waals surface area contributed by atoms with Gasteiger partial charge in [-0.3, -0.25) is 14.4 Å². The molecule has 370 valence electrons. The maximum atomic E-state index is 14.1. The van der Waals surface area contributed by atoms with E-state index in [4.69, 9.17) is 91.6 Å². The summed E-state index contributed by atoms with van der Waals surface area (Å²) >= 11 is 17.2. The largest absolute Gasteiger partial charge is 0.465 e. The zero-order valence-corrected chi connectivity index (χ0v) is 38.7. The van der Waals surface area contributed by atoms with Crippen LogP contribution < -0.4 is 5.32 Å². The predicted molar refractivity (Wildman–Crippen MR) is 233 cm³/mol. The Morgan fingerprint density at radius 1 is 0.696 bits per heavy atom. The monoisotopic (exact) mass is 1020 g/mol. The van der Waals surface area contributed by atoms with Crippen molar-refractivity contribution in [2.24, 2.45) is 0 Å². The first-order valence-electron chi connectivity index (χ1n) is 20.8. The van der Waals surface area contributed by atoms with E-state index in [1.54, 1.807) is 54.6 Å². The molecule has 0 unspecified atom stereocenters. The highest BCUT2D eigenvalue weighted by Crippen LogP contribution is 2.40. The topological polar surface area (TPSA) is 259 Å². The number of rotatable bonds is 20.